The van der Waals surface area contributed by atoms with Crippen LogP contribution in [0.5, 0.6) is 0 Å². The van der Waals surface area contributed by atoms with Gasteiger partial charge in [0.2, 0.25) is 0 Å². The van der Waals surface area contributed by atoms with E-state index in [4.69, 9.17) is 14.6 Å². The van der Waals surface area contributed by atoms with Gasteiger partial charge >= 0.3 is 35.0 Å². The van der Waals surface area contributed by atoms with Crippen molar-refractivity contribution in [2.45, 2.75) is 39.2 Å². The van der Waals surface area contributed by atoms with Crippen LogP contribution < -0.4 is 0 Å². The molecule has 0 amide bonds. The lowest BCUT2D eigenvalue weighted by Crippen LogP contribution is -2.10. The van der Waals surface area contributed by atoms with E-state index in [1.807, 2.05) is 91.9 Å². The van der Waals surface area contributed by atoms with Crippen LogP contribution >= 0.6 is 0 Å². The first-order valence-corrected chi connectivity index (χ1v) is 24.4. The number of para-hydroxylation sites is 4. The first kappa shape index (κ1) is 56.7. The highest BCUT2D eigenvalue weighted by Crippen LogP contribution is 2.30. The van der Waals surface area contributed by atoms with Crippen LogP contribution in [-0.2, 0) is 22.5 Å². The molecular weight excluding hydrogens is 1030 g/mol. The summed E-state index contributed by atoms with van der Waals surface area (Å²) in [5.74, 6) is -2.74. The molecule has 0 aliphatic heterocycles. The number of carboxylic acids is 1. The Morgan fingerprint density at radius 3 is 1.34 bits per heavy atom. The van der Waals surface area contributed by atoms with Crippen molar-refractivity contribution < 1.29 is 48.7 Å². The molecule has 0 atom stereocenters. The molecule has 0 fully saturated rings. The maximum absolute atomic E-state index is 12.4. The number of fused-ring (bicyclic) bond motifs is 4. The molecule has 4 heterocycles. The Morgan fingerprint density at radius 1 is 0.475 bits per heavy atom. The molecule has 0 radical (unpaired) electrons. The molecule has 402 valence electrons. The van der Waals surface area contributed by atoms with Crippen LogP contribution in [0.1, 0.15) is 74.1 Å². The Labute approximate surface area is 453 Å². The Kier molecular flexibility index (Phi) is 19.2. The van der Waals surface area contributed by atoms with Gasteiger partial charge in [-0.1, -0.05) is 153 Å². The molecule has 4 aromatic heterocycles. The summed E-state index contributed by atoms with van der Waals surface area (Å²) in [7, 11) is 0. The van der Waals surface area contributed by atoms with E-state index in [1.54, 1.807) is 72.8 Å². The standard InChI is InChI=1S/C17H12N2O4.C16H12N2O2.C15H16N2O4.C10H6N2O4/c20-17(23-11-12-6-2-1-3-7-12)16-13-8-4-5-9-14(13)18-10-15(16)19(21)22;19-18(20)16-11-13-8-4-5-9-14(13)17-15(16)10-12-6-2-1-3-7-12;1-2-3-6-9-21-15(18)14-11-7-4-5-8-12(11)16-10-13(14)17(19)20;13-10(14)9-6-3-1-2-4-7(6)11-5-8(9)12(15)16/h1-10H,11H2;1-9,11H,10H2;4-5,7-8,10H,2-3,6,9H2,1H3;1-5H,(H,13,14). The van der Waals surface area contributed by atoms with E-state index in [0.29, 0.717) is 39.4 Å². The predicted molar refractivity (Wildman–Crippen MR) is 295 cm³/mol. The third-order valence-electron chi connectivity index (χ3n) is 11.9. The smallest absolute Gasteiger partial charge is 0.346 e. The van der Waals surface area contributed by atoms with Gasteiger partial charge in [-0.2, -0.15) is 0 Å². The molecular formula is C58H46N8O14. The second-order valence-corrected chi connectivity index (χ2v) is 17.2. The summed E-state index contributed by atoms with van der Waals surface area (Å²) in [6.45, 7) is 2.36. The number of carboxylic acid groups (broad SMARTS) is 1. The highest BCUT2D eigenvalue weighted by molar-refractivity contribution is 6.08. The normalized spacial score (nSPS) is 10.5. The van der Waals surface area contributed by atoms with Crippen molar-refractivity contribution in [3.8, 4) is 0 Å². The molecule has 0 aliphatic rings. The van der Waals surface area contributed by atoms with E-state index >= 15 is 0 Å². The number of hydrogen-bond acceptors (Lipinski definition) is 17. The number of nitro groups is 4. The minimum Gasteiger partial charge on any atom is -0.477 e. The topological polar surface area (TPSA) is 314 Å². The monoisotopic (exact) mass is 1080 g/mol. The van der Waals surface area contributed by atoms with Crippen LogP contribution in [0.2, 0.25) is 0 Å². The molecule has 10 aromatic rings. The summed E-state index contributed by atoms with van der Waals surface area (Å²) in [4.78, 5) is 93.8. The third-order valence-corrected chi connectivity index (χ3v) is 11.9. The fourth-order valence-corrected chi connectivity index (χ4v) is 8.07. The molecule has 22 nitrogen and oxygen atoms in total. The van der Waals surface area contributed by atoms with Gasteiger partial charge < -0.3 is 14.6 Å². The number of rotatable bonds is 15. The maximum Gasteiger partial charge on any atom is 0.346 e. The van der Waals surface area contributed by atoms with Crippen LogP contribution in [-0.4, -0.2) is 69.3 Å². The lowest BCUT2D eigenvalue weighted by molar-refractivity contribution is -0.385. The van der Waals surface area contributed by atoms with E-state index in [0.717, 1.165) is 59.9 Å². The van der Waals surface area contributed by atoms with Gasteiger partial charge in [0.1, 0.15) is 47.6 Å². The number of nitrogens with zero attached hydrogens (tertiary/aromatic N) is 8. The zero-order valence-corrected chi connectivity index (χ0v) is 42.4. The first-order valence-electron chi connectivity index (χ1n) is 24.4. The molecule has 0 unspecified atom stereocenters. The van der Waals surface area contributed by atoms with Gasteiger partial charge in [0, 0.05) is 34.0 Å². The number of aromatic carboxylic acids is 1. The van der Waals surface area contributed by atoms with Crippen LogP contribution in [0.15, 0.2) is 182 Å². The van der Waals surface area contributed by atoms with Crippen molar-refractivity contribution in [3.05, 3.63) is 256 Å². The van der Waals surface area contributed by atoms with Crippen LogP contribution in [0.25, 0.3) is 43.6 Å². The highest BCUT2D eigenvalue weighted by Gasteiger charge is 2.27. The summed E-state index contributed by atoms with van der Waals surface area (Å²) >= 11 is 0. The Morgan fingerprint density at radius 2 is 0.875 bits per heavy atom. The highest BCUT2D eigenvalue weighted by atomic mass is 16.6. The maximum atomic E-state index is 12.4. The van der Waals surface area contributed by atoms with E-state index < -0.39 is 38.4 Å². The summed E-state index contributed by atoms with van der Waals surface area (Å²) < 4.78 is 10.4. The molecule has 0 saturated carbocycles. The third kappa shape index (κ3) is 14.3. The zero-order chi connectivity index (χ0) is 57.1. The minimum absolute atomic E-state index is 0.0258. The summed E-state index contributed by atoms with van der Waals surface area (Å²) in [5, 5.41) is 55.1. The second kappa shape index (κ2) is 27.1. The van der Waals surface area contributed by atoms with Crippen LogP contribution in [0.3, 0.4) is 0 Å². The summed E-state index contributed by atoms with van der Waals surface area (Å²) in [5.41, 5.74) is 3.03. The molecule has 6 aromatic carbocycles. The van der Waals surface area contributed by atoms with E-state index in [-0.39, 0.29) is 57.3 Å². The average molecular weight is 1080 g/mol. The van der Waals surface area contributed by atoms with E-state index in [2.05, 4.69) is 19.9 Å². The zero-order valence-electron chi connectivity index (χ0n) is 42.4. The SMILES string of the molecule is CCCCCOC(=O)c1c([N+](=O)[O-])cnc2ccccc12.O=C(O)c1c([N+](=O)[O-])cnc2ccccc12.O=C(OCc1ccccc1)c1c([N+](=O)[O-])cnc2ccccc12.O=[N+]([O-])c1cc2ccccc2nc1Cc1ccccc1. The Hall–Kier alpha value is -11.0. The number of pyridine rings is 4. The Balaban J connectivity index is 0.000000155. The molecule has 0 spiro atoms. The van der Waals surface area contributed by atoms with Gasteiger partial charge in [0.25, 0.3) is 5.69 Å². The van der Waals surface area contributed by atoms with Gasteiger partial charge in [-0.15, -0.1) is 0 Å². The largest absolute Gasteiger partial charge is 0.477 e. The van der Waals surface area contributed by atoms with Gasteiger partial charge in [-0.25, -0.2) is 34.3 Å². The molecule has 1 N–H and O–H groups in total. The van der Waals surface area contributed by atoms with Crippen molar-refractivity contribution in [2.24, 2.45) is 0 Å². The molecule has 10 rings (SSSR count). The van der Waals surface area contributed by atoms with Crippen molar-refractivity contribution in [1.29, 1.82) is 0 Å². The van der Waals surface area contributed by atoms with Crippen molar-refractivity contribution in [2.75, 3.05) is 6.61 Å². The number of hydrogen-bond donors (Lipinski definition) is 1. The van der Waals surface area contributed by atoms with Crippen LogP contribution in [0.4, 0.5) is 22.7 Å². The van der Waals surface area contributed by atoms with Crippen molar-refractivity contribution >= 4 is 84.3 Å². The van der Waals surface area contributed by atoms with Crippen molar-refractivity contribution in [1.82, 2.24) is 19.9 Å². The lowest BCUT2D eigenvalue weighted by atomic mass is 10.1. The van der Waals surface area contributed by atoms with Crippen molar-refractivity contribution in [3.63, 3.8) is 0 Å². The van der Waals surface area contributed by atoms with Gasteiger partial charge in [-0.3, -0.25) is 40.5 Å². The predicted octanol–water partition coefficient (Wildman–Crippen LogP) is 12.6. The van der Waals surface area contributed by atoms with Gasteiger partial charge in [-0.05, 0) is 41.8 Å². The summed E-state index contributed by atoms with van der Waals surface area (Å²) in [6, 6.07) is 47.8. The van der Waals surface area contributed by atoms with Gasteiger partial charge in [0.05, 0.1) is 48.4 Å². The van der Waals surface area contributed by atoms with Gasteiger partial charge in [0.15, 0.2) is 0 Å². The fraction of sp³-hybridized carbons (Fsp3) is 0.121. The second-order valence-electron chi connectivity index (χ2n) is 17.2. The number of unbranched alkanes of at least 4 members (excludes halogenated alkanes) is 2. The number of carbonyl (C=O) groups is 3. The van der Waals surface area contributed by atoms with E-state index in [9.17, 15) is 54.8 Å². The minimum atomic E-state index is -1.33. The number of aromatic nitrogens is 4. The summed E-state index contributed by atoms with van der Waals surface area (Å²) in [6.07, 6.45) is 6.32. The lowest BCUT2D eigenvalue weighted by Gasteiger charge is -2.08. The van der Waals surface area contributed by atoms with E-state index in [1.165, 1.54) is 6.07 Å². The average Bonchev–Trinajstić information content (AvgIpc) is 3.51. The number of benzene rings is 6. The number of carbonyl (C=O) groups excluding carboxylic acids is 2. The first-order chi connectivity index (χ1) is 38.7. The number of ether oxygens (including phenoxy) is 2. The fourth-order valence-electron chi connectivity index (χ4n) is 8.07. The van der Waals surface area contributed by atoms with Crippen LogP contribution in [0, 0.1) is 40.5 Å². The molecule has 0 saturated heterocycles. The quantitative estimate of drug-likeness (QED) is 0.0431. The molecule has 0 aliphatic carbocycles. The Bertz CT molecular complexity index is 3920. The molecule has 0 bridgehead atoms. The number of esters is 2. The molecule has 22 heteroatoms. The molecule has 80 heavy (non-hydrogen) atoms.